The van der Waals surface area contributed by atoms with Gasteiger partial charge in [-0.3, -0.25) is 4.79 Å². The zero-order valence-corrected chi connectivity index (χ0v) is 20.3. The van der Waals surface area contributed by atoms with Crippen molar-refractivity contribution in [1.82, 2.24) is 9.88 Å². The van der Waals surface area contributed by atoms with Gasteiger partial charge in [0.15, 0.2) is 0 Å². The molecule has 1 N–H and O–H groups in total. The molecule has 1 amide bonds. The molecule has 2 aromatic carbocycles. The number of anilines is 1. The van der Waals surface area contributed by atoms with Crippen LogP contribution in [0.15, 0.2) is 53.9 Å². The number of hydrogen-bond donors (Lipinski definition) is 1. The Balaban J connectivity index is 1.41. The van der Waals surface area contributed by atoms with Crippen LogP contribution in [-0.4, -0.2) is 35.4 Å². The molecule has 0 bridgehead atoms. The molecule has 1 aliphatic rings. The lowest BCUT2D eigenvalue weighted by molar-refractivity contribution is 0.102. The highest BCUT2D eigenvalue weighted by atomic mass is 32.1. The molecule has 180 valence electrons. The molecular weight excluding hydrogens is 452 g/mol. The van der Waals surface area contributed by atoms with E-state index in [9.17, 15) is 13.6 Å². The molecule has 3 aromatic rings. The van der Waals surface area contributed by atoms with E-state index in [1.807, 2.05) is 23.6 Å². The number of unbranched alkanes of at least 4 members (excludes halogenated alkanes) is 2. The summed E-state index contributed by atoms with van der Waals surface area (Å²) in [6.07, 6.45) is 3.39. The Kier molecular flexibility index (Phi) is 8.40. The summed E-state index contributed by atoms with van der Waals surface area (Å²) in [7, 11) is 0. The molecule has 0 unspecified atom stereocenters. The maximum atomic E-state index is 13.2. The van der Waals surface area contributed by atoms with Gasteiger partial charge < -0.3 is 10.2 Å². The third kappa shape index (κ3) is 6.07. The summed E-state index contributed by atoms with van der Waals surface area (Å²) in [4.78, 5) is 20.2. The zero-order valence-electron chi connectivity index (χ0n) is 19.5. The van der Waals surface area contributed by atoms with Crippen molar-refractivity contribution >= 4 is 22.9 Å². The minimum Gasteiger partial charge on any atom is -0.320 e. The summed E-state index contributed by atoms with van der Waals surface area (Å²) in [5, 5.41) is 5.78. The van der Waals surface area contributed by atoms with Gasteiger partial charge in [-0.25, -0.2) is 13.8 Å². The SMILES string of the molecule is CCCCCN1CCC(c2nc(C(=O)Nc3ccccc3-c3cccc(C(F)F)c3)cs2)CC1. The lowest BCUT2D eigenvalue weighted by atomic mass is 9.97. The fourth-order valence-electron chi connectivity index (χ4n) is 4.44. The smallest absolute Gasteiger partial charge is 0.275 e. The highest BCUT2D eigenvalue weighted by Gasteiger charge is 2.24. The second-order valence-electron chi connectivity index (χ2n) is 8.82. The molecule has 0 spiro atoms. The van der Waals surface area contributed by atoms with E-state index in [0.29, 0.717) is 28.4 Å². The maximum Gasteiger partial charge on any atom is 0.275 e. The van der Waals surface area contributed by atoms with Crippen molar-refractivity contribution in [3.8, 4) is 11.1 Å². The molecule has 2 heterocycles. The van der Waals surface area contributed by atoms with Crippen LogP contribution in [0.3, 0.4) is 0 Å². The van der Waals surface area contributed by atoms with Crippen LogP contribution in [0.1, 0.15) is 72.4 Å². The second-order valence-corrected chi connectivity index (χ2v) is 9.71. The molecule has 0 aliphatic carbocycles. The zero-order chi connectivity index (χ0) is 23.9. The monoisotopic (exact) mass is 483 g/mol. The summed E-state index contributed by atoms with van der Waals surface area (Å²) < 4.78 is 26.3. The fraction of sp³-hybridized carbons (Fsp3) is 0.407. The predicted molar refractivity (Wildman–Crippen MR) is 135 cm³/mol. The van der Waals surface area contributed by atoms with Crippen LogP contribution >= 0.6 is 11.3 Å². The molecule has 1 saturated heterocycles. The number of hydrogen-bond acceptors (Lipinski definition) is 4. The van der Waals surface area contributed by atoms with Crippen LogP contribution in [0.4, 0.5) is 14.5 Å². The van der Waals surface area contributed by atoms with Gasteiger partial charge >= 0.3 is 0 Å². The lowest BCUT2D eigenvalue weighted by Crippen LogP contribution is -2.33. The number of amides is 1. The van der Waals surface area contributed by atoms with Crippen molar-refractivity contribution in [2.24, 2.45) is 0 Å². The van der Waals surface area contributed by atoms with Crippen molar-refractivity contribution in [2.45, 2.75) is 51.4 Å². The highest BCUT2D eigenvalue weighted by molar-refractivity contribution is 7.10. The highest BCUT2D eigenvalue weighted by Crippen LogP contribution is 2.33. The number of nitrogens with zero attached hydrogens (tertiary/aromatic N) is 2. The number of benzene rings is 2. The molecular formula is C27H31F2N3OS. The number of nitrogens with one attached hydrogen (secondary N) is 1. The summed E-state index contributed by atoms with van der Waals surface area (Å²) in [5.41, 5.74) is 2.28. The molecule has 0 radical (unpaired) electrons. The predicted octanol–water partition coefficient (Wildman–Crippen LogP) is 7.37. The van der Waals surface area contributed by atoms with Gasteiger partial charge in [-0.2, -0.15) is 0 Å². The van der Waals surface area contributed by atoms with Gasteiger partial charge in [0, 0.05) is 28.1 Å². The van der Waals surface area contributed by atoms with Gasteiger partial charge in [-0.15, -0.1) is 11.3 Å². The number of thiazole rings is 1. The van der Waals surface area contributed by atoms with E-state index < -0.39 is 6.43 Å². The maximum absolute atomic E-state index is 13.2. The van der Waals surface area contributed by atoms with Crippen molar-refractivity contribution in [1.29, 1.82) is 0 Å². The fourth-order valence-corrected chi connectivity index (χ4v) is 5.41. The standard InChI is InChI=1S/C27H31F2N3OS/c1-2-3-6-14-32-15-12-19(13-16-32)27-31-24(18-34-27)26(33)30-23-11-5-4-10-22(23)20-8-7-9-21(17-20)25(28)29/h4-5,7-11,17-19,25H,2-3,6,12-16H2,1H3,(H,30,33). The summed E-state index contributed by atoms with van der Waals surface area (Å²) in [6, 6.07) is 13.5. The van der Waals surface area contributed by atoms with Crippen LogP contribution in [0.2, 0.25) is 0 Å². The Morgan fingerprint density at radius 3 is 2.71 bits per heavy atom. The summed E-state index contributed by atoms with van der Waals surface area (Å²) in [5.74, 6) is 0.121. The number of para-hydroxylation sites is 1. The van der Waals surface area contributed by atoms with Crippen molar-refractivity contribution in [3.05, 3.63) is 70.2 Å². The number of piperidine rings is 1. The van der Waals surface area contributed by atoms with Crippen LogP contribution in [0, 0.1) is 0 Å². The van der Waals surface area contributed by atoms with Crippen LogP contribution in [-0.2, 0) is 0 Å². The van der Waals surface area contributed by atoms with Gasteiger partial charge in [0.1, 0.15) is 5.69 Å². The van der Waals surface area contributed by atoms with Crippen LogP contribution in [0.5, 0.6) is 0 Å². The Morgan fingerprint density at radius 2 is 1.94 bits per heavy atom. The first-order valence-corrected chi connectivity index (χ1v) is 12.9. The van der Waals surface area contributed by atoms with Gasteiger partial charge in [-0.05, 0) is 56.6 Å². The van der Waals surface area contributed by atoms with Gasteiger partial charge in [-0.1, -0.05) is 56.2 Å². The minimum absolute atomic E-state index is 0.0424. The van der Waals surface area contributed by atoms with E-state index in [-0.39, 0.29) is 11.5 Å². The molecule has 4 nitrogen and oxygen atoms in total. The van der Waals surface area contributed by atoms with Crippen LogP contribution in [0.25, 0.3) is 11.1 Å². The lowest BCUT2D eigenvalue weighted by Gasteiger charge is -2.30. The number of halogens is 2. The topological polar surface area (TPSA) is 45.2 Å². The minimum atomic E-state index is -2.54. The number of aromatic nitrogens is 1. The molecule has 1 aliphatic heterocycles. The Bertz CT molecular complexity index is 1090. The first-order valence-electron chi connectivity index (χ1n) is 12.0. The second kappa shape index (κ2) is 11.7. The molecule has 4 rings (SSSR count). The molecule has 34 heavy (non-hydrogen) atoms. The number of alkyl halides is 2. The quantitative estimate of drug-likeness (QED) is 0.323. The molecule has 0 saturated carbocycles. The summed E-state index contributed by atoms with van der Waals surface area (Å²) >= 11 is 1.55. The van der Waals surface area contributed by atoms with E-state index in [2.05, 4.69) is 22.1 Å². The average molecular weight is 484 g/mol. The number of rotatable bonds is 9. The van der Waals surface area contributed by atoms with Crippen LogP contribution < -0.4 is 5.32 Å². The van der Waals surface area contributed by atoms with Gasteiger partial charge in [0.25, 0.3) is 12.3 Å². The first-order chi connectivity index (χ1) is 16.5. The Morgan fingerprint density at radius 1 is 1.15 bits per heavy atom. The number of carbonyl (C=O) groups is 1. The van der Waals surface area contributed by atoms with E-state index in [1.54, 1.807) is 29.5 Å². The van der Waals surface area contributed by atoms with Crippen molar-refractivity contribution < 1.29 is 13.6 Å². The van der Waals surface area contributed by atoms with E-state index in [0.717, 1.165) is 30.9 Å². The molecule has 1 fully saturated rings. The molecule has 0 atom stereocenters. The normalized spacial score (nSPS) is 15.1. The molecule has 1 aromatic heterocycles. The largest absolute Gasteiger partial charge is 0.320 e. The van der Waals surface area contributed by atoms with Crippen molar-refractivity contribution in [2.75, 3.05) is 25.0 Å². The number of likely N-dealkylation sites (tertiary alicyclic amines) is 1. The third-order valence-electron chi connectivity index (χ3n) is 6.39. The molecule has 7 heteroatoms. The van der Waals surface area contributed by atoms with E-state index in [4.69, 9.17) is 0 Å². The van der Waals surface area contributed by atoms with Gasteiger partial charge in [0.05, 0.1) is 5.01 Å². The van der Waals surface area contributed by atoms with E-state index in [1.165, 1.54) is 37.9 Å². The number of carbonyl (C=O) groups excluding carboxylic acids is 1. The average Bonchev–Trinajstić information content (AvgIpc) is 3.36. The van der Waals surface area contributed by atoms with E-state index >= 15 is 0 Å². The third-order valence-corrected chi connectivity index (χ3v) is 7.40. The first kappa shape index (κ1) is 24.5. The Labute approximate surface area is 204 Å². The van der Waals surface area contributed by atoms with Gasteiger partial charge in [0.2, 0.25) is 0 Å². The summed E-state index contributed by atoms with van der Waals surface area (Å²) in [6.45, 7) is 5.57. The van der Waals surface area contributed by atoms with Crippen molar-refractivity contribution in [3.63, 3.8) is 0 Å². The Hall–Kier alpha value is -2.64.